The number of allylic oxidation sites excluding steroid dienone is 1. The fourth-order valence-electron chi connectivity index (χ4n) is 5.92. The van der Waals surface area contributed by atoms with Gasteiger partial charge < -0.3 is 15.4 Å². The predicted octanol–water partition coefficient (Wildman–Crippen LogP) is 5.10. The number of nitrogens with zero attached hydrogens (tertiary/aromatic N) is 2. The number of esters is 1. The lowest BCUT2D eigenvalue weighted by Gasteiger charge is -2.47. The lowest BCUT2D eigenvalue weighted by Crippen LogP contribution is -2.55. The van der Waals surface area contributed by atoms with Crippen LogP contribution < -0.4 is 15.5 Å². The van der Waals surface area contributed by atoms with Gasteiger partial charge in [-0.25, -0.2) is 4.79 Å². The second kappa shape index (κ2) is 8.64. The molecular formula is C28H27Cl2N3O4. The van der Waals surface area contributed by atoms with Gasteiger partial charge in [0.2, 0.25) is 5.91 Å². The van der Waals surface area contributed by atoms with Crippen LogP contribution in [0, 0.1) is 5.41 Å². The van der Waals surface area contributed by atoms with Crippen LogP contribution in [-0.4, -0.2) is 31.3 Å². The summed E-state index contributed by atoms with van der Waals surface area (Å²) < 4.78 is 5.46. The first-order chi connectivity index (χ1) is 17.5. The molecule has 2 heterocycles. The van der Waals surface area contributed by atoms with Gasteiger partial charge in [0.15, 0.2) is 5.78 Å². The number of carbonyl (C=O) groups is 3. The zero-order valence-electron chi connectivity index (χ0n) is 21.0. The van der Waals surface area contributed by atoms with E-state index in [0.29, 0.717) is 34.1 Å². The molecule has 1 aliphatic carbocycles. The highest BCUT2D eigenvalue weighted by atomic mass is 35.5. The van der Waals surface area contributed by atoms with Crippen molar-refractivity contribution in [2.45, 2.75) is 39.0 Å². The molecule has 1 atom stereocenters. The number of para-hydroxylation sites is 1. The number of halogens is 2. The van der Waals surface area contributed by atoms with Crippen LogP contribution in [0.5, 0.6) is 0 Å². The Balaban J connectivity index is 1.95. The van der Waals surface area contributed by atoms with Crippen LogP contribution in [0.25, 0.3) is 0 Å². The maximum Gasteiger partial charge on any atom is 0.339 e. The molecule has 2 aliphatic heterocycles. The van der Waals surface area contributed by atoms with Crippen molar-refractivity contribution in [2.75, 3.05) is 23.5 Å². The van der Waals surface area contributed by atoms with Crippen LogP contribution in [0.15, 0.2) is 65.1 Å². The average molecular weight is 540 g/mol. The Morgan fingerprint density at radius 1 is 1.08 bits per heavy atom. The third-order valence-electron chi connectivity index (χ3n) is 7.29. The lowest BCUT2D eigenvalue weighted by molar-refractivity contribution is -0.140. The SMILES string of the molecule is CCOC(=O)C1=C(N)N(c2ccc(Cl)cc2Cl)C2=C(C(=O)CC(C)(C)C2)C12C(=O)N(C)c1ccccc12. The Morgan fingerprint density at radius 3 is 2.46 bits per heavy atom. The second-order valence-electron chi connectivity index (χ2n) is 10.3. The van der Waals surface area contributed by atoms with Gasteiger partial charge in [0, 0.05) is 41.0 Å². The van der Waals surface area contributed by atoms with E-state index >= 15 is 0 Å². The number of ether oxygens (including phenoxy) is 1. The minimum Gasteiger partial charge on any atom is -0.462 e. The Hall–Kier alpha value is -3.29. The van der Waals surface area contributed by atoms with Gasteiger partial charge in [-0.1, -0.05) is 55.2 Å². The standard InChI is InChI=1S/C28H27Cl2N3O4/c1-5-37-25(35)23-24(31)33(19-11-10-15(29)12-17(19)30)20-13-27(2,3)14-21(34)22(20)28(23)16-8-6-7-9-18(16)32(4)26(28)36/h6-12H,5,13-14,31H2,1-4H3. The zero-order valence-corrected chi connectivity index (χ0v) is 22.5. The topological polar surface area (TPSA) is 92.9 Å². The highest BCUT2D eigenvalue weighted by molar-refractivity contribution is 6.36. The fourth-order valence-corrected chi connectivity index (χ4v) is 6.41. The van der Waals surface area contributed by atoms with E-state index in [2.05, 4.69) is 0 Å². The summed E-state index contributed by atoms with van der Waals surface area (Å²) in [6, 6.07) is 12.1. The van der Waals surface area contributed by atoms with Crippen molar-refractivity contribution >= 4 is 52.2 Å². The number of nitrogens with two attached hydrogens (primary N) is 1. The first-order valence-electron chi connectivity index (χ1n) is 12.0. The Labute approximate surface area is 225 Å². The molecule has 0 saturated heterocycles. The van der Waals surface area contributed by atoms with Crippen molar-refractivity contribution in [1.29, 1.82) is 0 Å². The van der Waals surface area contributed by atoms with Crippen LogP contribution in [0.2, 0.25) is 10.0 Å². The molecule has 5 rings (SSSR count). The number of amides is 1. The van der Waals surface area contributed by atoms with E-state index in [4.69, 9.17) is 33.7 Å². The minimum atomic E-state index is -1.74. The fraction of sp³-hybridized carbons (Fsp3) is 0.321. The molecule has 2 N–H and O–H groups in total. The van der Waals surface area contributed by atoms with E-state index < -0.39 is 22.7 Å². The molecule has 3 aliphatic rings. The van der Waals surface area contributed by atoms with Gasteiger partial charge in [0.1, 0.15) is 16.8 Å². The zero-order chi connectivity index (χ0) is 26.9. The number of hydrogen-bond acceptors (Lipinski definition) is 6. The van der Waals surface area contributed by atoms with Crippen LogP contribution in [0.3, 0.4) is 0 Å². The highest BCUT2D eigenvalue weighted by Gasteiger charge is 2.64. The molecule has 7 nitrogen and oxygen atoms in total. The normalized spacial score (nSPS) is 22.5. The number of hydrogen-bond donors (Lipinski definition) is 1. The summed E-state index contributed by atoms with van der Waals surface area (Å²) in [7, 11) is 1.63. The van der Waals surface area contributed by atoms with Crippen molar-refractivity contribution < 1.29 is 19.1 Å². The van der Waals surface area contributed by atoms with Crippen molar-refractivity contribution in [2.24, 2.45) is 11.1 Å². The van der Waals surface area contributed by atoms with Crippen molar-refractivity contribution in [3.05, 3.63) is 80.7 Å². The van der Waals surface area contributed by atoms with E-state index in [-0.39, 0.29) is 40.8 Å². The molecule has 192 valence electrons. The molecule has 2 aromatic rings. The van der Waals surface area contributed by atoms with Gasteiger partial charge in [-0.2, -0.15) is 0 Å². The molecule has 0 radical (unpaired) electrons. The molecule has 0 fully saturated rings. The summed E-state index contributed by atoms with van der Waals surface area (Å²) in [6.07, 6.45) is 0.621. The largest absolute Gasteiger partial charge is 0.462 e. The Kier molecular flexibility index (Phi) is 5.92. The van der Waals surface area contributed by atoms with Gasteiger partial charge in [0.25, 0.3) is 0 Å². The summed E-state index contributed by atoms with van der Waals surface area (Å²) in [5.74, 6) is -1.43. The van der Waals surface area contributed by atoms with Crippen LogP contribution in [-0.2, 0) is 24.5 Å². The van der Waals surface area contributed by atoms with Gasteiger partial charge in [-0.05, 0) is 43.0 Å². The molecule has 0 saturated carbocycles. The second-order valence-corrected chi connectivity index (χ2v) is 11.1. The third-order valence-corrected chi connectivity index (χ3v) is 7.83. The van der Waals surface area contributed by atoms with Crippen molar-refractivity contribution in [3.8, 4) is 0 Å². The summed E-state index contributed by atoms with van der Waals surface area (Å²) in [6.45, 7) is 5.71. The monoisotopic (exact) mass is 539 g/mol. The molecule has 0 bridgehead atoms. The first kappa shape index (κ1) is 25.4. The number of carbonyl (C=O) groups excluding carboxylic acids is 3. The van der Waals surface area contributed by atoms with Gasteiger partial charge >= 0.3 is 5.97 Å². The molecular weight excluding hydrogens is 513 g/mol. The van der Waals surface area contributed by atoms with Crippen LogP contribution >= 0.6 is 23.2 Å². The molecule has 37 heavy (non-hydrogen) atoms. The van der Waals surface area contributed by atoms with Gasteiger partial charge in [-0.15, -0.1) is 0 Å². The number of Topliss-reactive ketones (excluding diaryl/α,β-unsaturated/α-hetero) is 1. The smallest absolute Gasteiger partial charge is 0.339 e. The quantitative estimate of drug-likeness (QED) is 0.545. The number of fused-ring (bicyclic) bond motifs is 3. The highest BCUT2D eigenvalue weighted by Crippen LogP contribution is 2.58. The number of ketones is 1. The number of rotatable bonds is 3. The van der Waals surface area contributed by atoms with E-state index in [1.54, 1.807) is 55.3 Å². The molecule has 9 heteroatoms. The molecule has 2 aromatic carbocycles. The van der Waals surface area contributed by atoms with Crippen LogP contribution in [0.1, 0.15) is 39.2 Å². The molecule has 1 unspecified atom stereocenters. The van der Waals surface area contributed by atoms with E-state index in [1.807, 2.05) is 19.9 Å². The third kappa shape index (κ3) is 3.51. The van der Waals surface area contributed by atoms with Gasteiger partial charge in [-0.3, -0.25) is 14.5 Å². The maximum absolute atomic E-state index is 14.3. The Bertz CT molecular complexity index is 1440. The van der Waals surface area contributed by atoms with Crippen LogP contribution in [0.4, 0.5) is 11.4 Å². The summed E-state index contributed by atoms with van der Waals surface area (Å²) in [4.78, 5) is 45.2. The molecule has 1 spiro atoms. The molecule has 0 aromatic heterocycles. The van der Waals surface area contributed by atoms with Crippen molar-refractivity contribution in [1.82, 2.24) is 0 Å². The number of benzene rings is 2. The summed E-state index contributed by atoms with van der Waals surface area (Å²) >= 11 is 12.8. The number of likely N-dealkylation sites (N-methyl/N-ethyl adjacent to an activating group) is 1. The minimum absolute atomic E-state index is 0.00891. The predicted molar refractivity (Wildman–Crippen MR) is 143 cm³/mol. The average Bonchev–Trinajstić information content (AvgIpc) is 3.02. The van der Waals surface area contributed by atoms with E-state index in [9.17, 15) is 14.4 Å². The Morgan fingerprint density at radius 2 is 1.78 bits per heavy atom. The van der Waals surface area contributed by atoms with E-state index in [0.717, 1.165) is 0 Å². The lowest BCUT2D eigenvalue weighted by atomic mass is 9.60. The van der Waals surface area contributed by atoms with Gasteiger partial charge in [0.05, 0.1) is 17.3 Å². The molecule has 1 amide bonds. The maximum atomic E-state index is 14.3. The summed E-state index contributed by atoms with van der Waals surface area (Å²) in [5.41, 5.74) is 6.94. The summed E-state index contributed by atoms with van der Waals surface area (Å²) in [5, 5.41) is 0.707. The number of anilines is 2. The first-order valence-corrected chi connectivity index (χ1v) is 12.8. The van der Waals surface area contributed by atoms with Crippen molar-refractivity contribution in [3.63, 3.8) is 0 Å². The van der Waals surface area contributed by atoms with E-state index in [1.165, 1.54) is 4.90 Å².